The Kier molecular flexibility index (Phi) is 4.91. The van der Waals surface area contributed by atoms with Gasteiger partial charge in [0, 0.05) is 28.6 Å². The van der Waals surface area contributed by atoms with E-state index >= 15 is 0 Å². The number of allylic oxidation sites excluding steroid dienone is 2. The highest BCUT2D eigenvalue weighted by atomic mass is 16.6. The fraction of sp³-hybridized carbons (Fsp3) is 0.185. The molecule has 4 heteroatoms. The number of rotatable bonds is 5. The van der Waals surface area contributed by atoms with Gasteiger partial charge in [0.1, 0.15) is 0 Å². The molecule has 3 aromatic rings. The molecule has 0 spiro atoms. The van der Waals surface area contributed by atoms with Crippen LogP contribution >= 0.6 is 0 Å². The minimum absolute atomic E-state index is 0.768. The lowest BCUT2D eigenvalue weighted by molar-refractivity contribution is 0.279. The third-order valence-corrected chi connectivity index (χ3v) is 5.90. The number of nitrogens with one attached hydrogen (secondary N) is 1. The molecule has 0 radical (unpaired) electrons. The summed E-state index contributed by atoms with van der Waals surface area (Å²) in [5.74, 6) is 1.80. The molecule has 1 heterocycles. The number of fused-ring (bicyclic) bond motifs is 3. The summed E-state index contributed by atoms with van der Waals surface area (Å²) in [5, 5.41) is 2.47. The zero-order valence-corrected chi connectivity index (χ0v) is 17.9. The zero-order valence-electron chi connectivity index (χ0n) is 17.9. The first-order valence-electron chi connectivity index (χ1n) is 10.6. The molecule has 0 bridgehead atoms. The monoisotopic (exact) mass is 410 g/mol. The zero-order chi connectivity index (χ0) is 21.4. The molecule has 0 amide bonds. The number of ether oxygens (including phenoxy) is 1. The standard InChI is InChI=1S/C27H26N2O2/c1-18-4-7-20(8-5-18)28-31-22-11-9-21(10-12-22)29-26-14-6-19(2)16-24(26)25-17-23(30-3)13-15-27(25)29/h4-5,7-12,14,16-17,28H,2,6,13,15H2,1,3H3. The molecule has 0 aliphatic heterocycles. The van der Waals surface area contributed by atoms with Crippen LogP contribution in [0.1, 0.15) is 29.7 Å². The second kappa shape index (κ2) is 7.88. The number of hydrogen-bond acceptors (Lipinski definition) is 3. The van der Waals surface area contributed by atoms with Crippen LogP contribution in [0.5, 0.6) is 5.75 Å². The van der Waals surface area contributed by atoms with Crippen LogP contribution in [0, 0.1) is 6.92 Å². The highest BCUT2D eigenvalue weighted by Gasteiger charge is 2.21. The molecule has 5 rings (SSSR count). The summed E-state index contributed by atoms with van der Waals surface area (Å²) in [6.07, 6.45) is 9.40. The van der Waals surface area contributed by atoms with Gasteiger partial charge in [-0.2, -0.15) is 0 Å². The van der Waals surface area contributed by atoms with E-state index in [4.69, 9.17) is 9.57 Å². The van der Waals surface area contributed by atoms with E-state index in [1.54, 1.807) is 7.11 Å². The lowest BCUT2D eigenvalue weighted by Crippen LogP contribution is -2.31. The van der Waals surface area contributed by atoms with Gasteiger partial charge in [-0.15, -0.1) is 0 Å². The Labute approximate surface area is 182 Å². The van der Waals surface area contributed by atoms with Crippen LogP contribution < -0.4 is 20.9 Å². The molecule has 0 saturated carbocycles. The maximum atomic E-state index is 5.76. The Balaban J connectivity index is 1.49. The van der Waals surface area contributed by atoms with E-state index in [-0.39, 0.29) is 0 Å². The number of aromatic nitrogens is 1. The molecular weight excluding hydrogens is 384 g/mol. The van der Waals surface area contributed by atoms with E-state index in [0.29, 0.717) is 0 Å². The van der Waals surface area contributed by atoms with Crippen LogP contribution in [-0.4, -0.2) is 11.7 Å². The first kappa shape index (κ1) is 19.3. The van der Waals surface area contributed by atoms with E-state index < -0.39 is 0 Å². The molecule has 0 saturated heterocycles. The molecular formula is C27H26N2O2. The van der Waals surface area contributed by atoms with Crippen molar-refractivity contribution in [3.63, 3.8) is 0 Å². The molecule has 0 fully saturated rings. The predicted octanol–water partition coefficient (Wildman–Crippen LogP) is 4.65. The quantitative estimate of drug-likeness (QED) is 0.622. The highest BCUT2D eigenvalue weighted by molar-refractivity contribution is 5.67. The van der Waals surface area contributed by atoms with Crippen molar-refractivity contribution in [3.8, 4) is 11.4 Å². The van der Waals surface area contributed by atoms with E-state index in [2.05, 4.69) is 66.0 Å². The first-order chi connectivity index (χ1) is 15.1. The van der Waals surface area contributed by atoms with Crippen molar-refractivity contribution in [2.24, 2.45) is 0 Å². The summed E-state index contributed by atoms with van der Waals surface area (Å²) in [6.45, 7) is 6.24. The molecule has 0 atom stereocenters. The van der Waals surface area contributed by atoms with Crippen molar-refractivity contribution < 1.29 is 9.57 Å². The van der Waals surface area contributed by atoms with Crippen LogP contribution in [-0.2, 0) is 11.2 Å². The second-order valence-corrected chi connectivity index (χ2v) is 8.08. The minimum Gasteiger partial charge on any atom is -0.501 e. The molecule has 2 aliphatic rings. The third-order valence-electron chi connectivity index (χ3n) is 5.90. The van der Waals surface area contributed by atoms with Gasteiger partial charge in [-0.25, -0.2) is 5.48 Å². The Hall–Kier alpha value is -3.66. The Bertz CT molecular complexity index is 1290. The van der Waals surface area contributed by atoms with E-state index in [1.807, 2.05) is 24.3 Å². The summed E-state index contributed by atoms with van der Waals surface area (Å²) >= 11 is 0. The Morgan fingerprint density at radius 3 is 2.48 bits per heavy atom. The number of methoxy groups -OCH3 is 1. The number of aryl methyl sites for hydroxylation is 1. The maximum absolute atomic E-state index is 5.76. The fourth-order valence-electron chi connectivity index (χ4n) is 4.26. The van der Waals surface area contributed by atoms with Crippen molar-refractivity contribution >= 4 is 23.9 Å². The van der Waals surface area contributed by atoms with E-state index in [9.17, 15) is 0 Å². The SMILES string of the molecule is C=C1C=c2c3c(n(-c4ccc(ONc5ccc(C)cc5)cc4)c2=CC1)CCC(OC)=C3. The van der Waals surface area contributed by atoms with Crippen LogP contribution in [0.4, 0.5) is 5.69 Å². The van der Waals surface area contributed by atoms with Crippen molar-refractivity contribution in [1.82, 2.24) is 4.57 Å². The highest BCUT2D eigenvalue weighted by Crippen LogP contribution is 2.26. The predicted molar refractivity (Wildman–Crippen MR) is 126 cm³/mol. The molecule has 0 unspecified atom stereocenters. The van der Waals surface area contributed by atoms with Crippen molar-refractivity contribution in [1.29, 1.82) is 0 Å². The molecule has 2 aromatic carbocycles. The van der Waals surface area contributed by atoms with Gasteiger partial charge in [0.25, 0.3) is 0 Å². The smallest absolute Gasteiger partial charge is 0.155 e. The van der Waals surface area contributed by atoms with Crippen LogP contribution in [0.25, 0.3) is 23.9 Å². The maximum Gasteiger partial charge on any atom is 0.155 e. The van der Waals surface area contributed by atoms with Crippen LogP contribution in [0.15, 0.2) is 66.4 Å². The first-order valence-corrected chi connectivity index (χ1v) is 10.6. The third kappa shape index (κ3) is 3.66. The van der Waals surface area contributed by atoms with Gasteiger partial charge >= 0.3 is 0 Å². The molecule has 2 aliphatic carbocycles. The van der Waals surface area contributed by atoms with Crippen molar-refractivity contribution in [2.45, 2.75) is 26.2 Å². The topological polar surface area (TPSA) is 35.4 Å². The number of nitrogens with zero attached hydrogens (tertiary/aromatic N) is 1. The Morgan fingerprint density at radius 1 is 0.968 bits per heavy atom. The van der Waals surface area contributed by atoms with Gasteiger partial charge in [0.2, 0.25) is 0 Å². The number of anilines is 1. The lowest BCUT2D eigenvalue weighted by atomic mass is 9.99. The molecule has 1 N–H and O–H groups in total. The number of benzene rings is 2. The molecule has 156 valence electrons. The summed E-state index contributed by atoms with van der Waals surface area (Å²) < 4.78 is 7.92. The second-order valence-electron chi connectivity index (χ2n) is 8.08. The largest absolute Gasteiger partial charge is 0.501 e. The summed E-state index contributed by atoms with van der Waals surface area (Å²) in [7, 11) is 1.75. The number of hydrogen-bond donors (Lipinski definition) is 1. The average Bonchev–Trinajstić information content (AvgIpc) is 3.12. The average molecular weight is 411 g/mol. The van der Waals surface area contributed by atoms with E-state index in [1.165, 1.54) is 27.4 Å². The summed E-state index contributed by atoms with van der Waals surface area (Å²) in [4.78, 5) is 5.76. The van der Waals surface area contributed by atoms with Gasteiger partial charge < -0.3 is 14.1 Å². The van der Waals surface area contributed by atoms with Crippen LogP contribution in [0.3, 0.4) is 0 Å². The molecule has 4 nitrogen and oxygen atoms in total. The molecule has 1 aromatic heterocycles. The van der Waals surface area contributed by atoms with Crippen molar-refractivity contribution in [2.75, 3.05) is 12.6 Å². The lowest BCUT2D eigenvalue weighted by Gasteiger charge is -2.16. The summed E-state index contributed by atoms with van der Waals surface area (Å²) in [5.41, 5.74) is 9.99. The molecule has 31 heavy (non-hydrogen) atoms. The summed E-state index contributed by atoms with van der Waals surface area (Å²) in [6, 6.07) is 16.3. The minimum atomic E-state index is 0.768. The fourth-order valence-corrected chi connectivity index (χ4v) is 4.26. The van der Waals surface area contributed by atoms with Gasteiger partial charge in [0.15, 0.2) is 5.75 Å². The van der Waals surface area contributed by atoms with Gasteiger partial charge in [-0.3, -0.25) is 0 Å². The normalized spacial score (nSPS) is 14.5. The van der Waals surface area contributed by atoms with Crippen molar-refractivity contribution in [3.05, 3.63) is 93.8 Å². The Morgan fingerprint density at radius 2 is 1.74 bits per heavy atom. The van der Waals surface area contributed by atoms with Gasteiger partial charge in [-0.1, -0.05) is 35.9 Å². The van der Waals surface area contributed by atoms with Gasteiger partial charge in [0.05, 0.1) is 23.9 Å². The van der Waals surface area contributed by atoms with Gasteiger partial charge in [-0.05, 0) is 68.3 Å². The van der Waals surface area contributed by atoms with E-state index in [0.717, 1.165) is 47.7 Å². The van der Waals surface area contributed by atoms with Crippen LogP contribution in [0.2, 0.25) is 0 Å².